The van der Waals surface area contributed by atoms with Crippen molar-refractivity contribution in [3.05, 3.63) is 35.4 Å². The summed E-state index contributed by atoms with van der Waals surface area (Å²) in [6.45, 7) is 4.61. The van der Waals surface area contributed by atoms with Gasteiger partial charge in [-0.15, -0.1) is 0 Å². The van der Waals surface area contributed by atoms with Crippen LogP contribution in [0.2, 0.25) is 0 Å². The van der Waals surface area contributed by atoms with Crippen LogP contribution in [0.1, 0.15) is 127 Å². The van der Waals surface area contributed by atoms with Crippen molar-refractivity contribution in [2.24, 2.45) is 5.92 Å². The number of aryl methyl sites for hydroxylation is 1. The average molecular weight is 357 g/mol. The van der Waals surface area contributed by atoms with Crippen molar-refractivity contribution < 1.29 is 0 Å². The quantitative estimate of drug-likeness (QED) is 0.310. The molecule has 0 N–H and O–H groups in total. The van der Waals surface area contributed by atoms with E-state index in [2.05, 4.69) is 38.1 Å². The Bertz CT molecular complexity index is 436. The Labute approximate surface area is 164 Å². The molecule has 0 saturated heterocycles. The van der Waals surface area contributed by atoms with Gasteiger partial charge in [-0.25, -0.2) is 0 Å². The van der Waals surface area contributed by atoms with Crippen LogP contribution in [0.15, 0.2) is 24.3 Å². The Hall–Kier alpha value is -0.780. The standard InChI is InChI=1S/C26H44/c1-3-5-7-8-9-10-12-14-24-17-21-26(22-18-24)25-19-15-23(16-20-25)13-11-6-4-2/h17-18,21-23,25H,3-16,19-20H2,1-2H3. The minimum absolute atomic E-state index is 0.838. The fourth-order valence-electron chi connectivity index (χ4n) is 4.71. The predicted molar refractivity (Wildman–Crippen MR) is 117 cm³/mol. The van der Waals surface area contributed by atoms with Crippen LogP contribution in [-0.4, -0.2) is 0 Å². The van der Waals surface area contributed by atoms with E-state index in [0.29, 0.717) is 0 Å². The molecule has 0 aromatic heterocycles. The fraction of sp³-hybridized carbons (Fsp3) is 0.769. The predicted octanol–water partition coefficient (Wildman–Crippen LogP) is 8.83. The molecule has 0 atom stereocenters. The maximum Gasteiger partial charge on any atom is -0.0162 e. The summed E-state index contributed by atoms with van der Waals surface area (Å²) in [6.07, 6.45) is 22.6. The molecule has 1 aliphatic carbocycles. The molecule has 0 heteroatoms. The molecular weight excluding hydrogens is 312 g/mol. The first-order chi connectivity index (χ1) is 12.8. The van der Waals surface area contributed by atoms with Gasteiger partial charge in [0.05, 0.1) is 0 Å². The summed E-state index contributed by atoms with van der Waals surface area (Å²) in [5, 5.41) is 0. The number of hydrogen-bond acceptors (Lipinski definition) is 0. The van der Waals surface area contributed by atoms with Crippen molar-refractivity contribution in [1.82, 2.24) is 0 Å². The van der Waals surface area contributed by atoms with Gasteiger partial charge in [0.2, 0.25) is 0 Å². The molecule has 0 bridgehead atoms. The van der Waals surface area contributed by atoms with Gasteiger partial charge in [-0.2, -0.15) is 0 Å². The Morgan fingerprint density at radius 1 is 0.654 bits per heavy atom. The normalized spacial score (nSPS) is 20.4. The first kappa shape index (κ1) is 21.5. The molecule has 0 amide bonds. The van der Waals surface area contributed by atoms with E-state index in [1.54, 1.807) is 11.1 Å². The van der Waals surface area contributed by atoms with Gasteiger partial charge in [-0.1, -0.05) is 102 Å². The van der Waals surface area contributed by atoms with E-state index in [1.807, 2.05) is 0 Å². The topological polar surface area (TPSA) is 0 Å². The van der Waals surface area contributed by atoms with Crippen LogP contribution in [0.25, 0.3) is 0 Å². The second-order valence-electron chi connectivity index (χ2n) is 8.83. The minimum atomic E-state index is 0.838. The van der Waals surface area contributed by atoms with Crippen LogP contribution in [0, 0.1) is 5.92 Å². The zero-order valence-electron chi connectivity index (χ0n) is 17.8. The van der Waals surface area contributed by atoms with E-state index >= 15 is 0 Å². The summed E-state index contributed by atoms with van der Waals surface area (Å²) in [7, 11) is 0. The summed E-state index contributed by atoms with van der Waals surface area (Å²) in [6, 6.07) is 9.72. The molecule has 2 rings (SSSR count). The molecular formula is C26H44. The maximum atomic E-state index is 2.44. The molecule has 0 heterocycles. The molecule has 0 aliphatic heterocycles. The highest BCUT2D eigenvalue weighted by molar-refractivity contribution is 5.25. The number of rotatable bonds is 13. The maximum absolute atomic E-state index is 2.44. The largest absolute Gasteiger partial charge is 0.0654 e. The van der Waals surface area contributed by atoms with E-state index in [4.69, 9.17) is 0 Å². The van der Waals surface area contributed by atoms with E-state index in [-0.39, 0.29) is 0 Å². The Balaban J connectivity index is 1.61. The SMILES string of the molecule is CCCCCCCCCc1ccc(C2CCC(CCCCC)CC2)cc1. The van der Waals surface area contributed by atoms with Crippen molar-refractivity contribution in [3.8, 4) is 0 Å². The van der Waals surface area contributed by atoms with Gasteiger partial charge < -0.3 is 0 Å². The highest BCUT2D eigenvalue weighted by Crippen LogP contribution is 2.37. The third kappa shape index (κ3) is 8.28. The van der Waals surface area contributed by atoms with Crippen LogP contribution in [0.3, 0.4) is 0 Å². The van der Waals surface area contributed by atoms with Crippen LogP contribution >= 0.6 is 0 Å². The Morgan fingerprint density at radius 2 is 1.23 bits per heavy atom. The first-order valence-electron chi connectivity index (χ1n) is 11.9. The van der Waals surface area contributed by atoms with Gasteiger partial charge in [0.25, 0.3) is 0 Å². The van der Waals surface area contributed by atoms with Gasteiger partial charge in [0, 0.05) is 0 Å². The van der Waals surface area contributed by atoms with Gasteiger partial charge in [0.15, 0.2) is 0 Å². The van der Waals surface area contributed by atoms with Gasteiger partial charge >= 0.3 is 0 Å². The molecule has 0 nitrogen and oxygen atoms in total. The summed E-state index contributed by atoms with van der Waals surface area (Å²) in [5.41, 5.74) is 3.16. The Kier molecular flexibility index (Phi) is 11.1. The van der Waals surface area contributed by atoms with Crippen molar-refractivity contribution in [1.29, 1.82) is 0 Å². The van der Waals surface area contributed by atoms with E-state index in [0.717, 1.165) is 11.8 Å². The summed E-state index contributed by atoms with van der Waals surface area (Å²) in [5.74, 6) is 1.86. The third-order valence-electron chi connectivity index (χ3n) is 6.58. The summed E-state index contributed by atoms with van der Waals surface area (Å²) >= 11 is 0. The zero-order valence-corrected chi connectivity index (χ0v) is 17.8. The molecule has 1 aromatic rings. The number of hydrogen-bond donors (Lipinski definition) is 0. The molecule has 0 spiro atoms. The molecule has 1 aromatic carbocycles. The van der Waals surface area contributed by atoms with E-state index < -0.39 is 0 Å². The second kappa shape index (κ2) is 13.4. The third-order valence-corrected chi connectivity index (χ3v) is 6.58. The van der Waals surface area contributed by atoms with Crippen LogP contribution < -0.4 is 0 Å². The molecule has 1 saturated carbocycles. The van der Waals surface area contributed by atoms with E-state index in [1.165, 1.54) is 103 Å². The Morgan fingerprint density at radius 3 is 1.88 bits per heavy atom. The molecule has 1 fully saturated rings. The molecule has 26 heavy (non-hydrogen) atoms. The first-order valence-corrected chi connectivity index (χ1v) is 11.9. The van der Waals surface area contributed by atoms with Crippen molar-refractivity contribution in [2.75, 3.05) is 0 Å². The highest BCUT2D eigenvalue weighted by atomic mass is 14.3. The zero-order chi connectivity index (χ0) is 18.5. The number of unbranched alkanes of at least 4 members (excludes halogenated alkanes) is 8. The number of benzene rings is 1. The lowest BCUT2D eigenvalue weighted by Gasteiger charge is -2.29. The van der Waals surface area contributed by atoms with Crippen LogP contribution in [-0.2, 0) is 6.42 Å². The van der Waals surface area contributed by atoms with Crippen LogP contribution in [0.4, 0.5) is 0 Å². The average Bonchev–Trinajstić information content (AvgIpc) is 2.69. The molecule has 1 aliphatic rings. The molecule has 148 valence electrons. The summed E-state index contributed by atoms with van der Waals surface area (Å²) < 4.78 is 0. The monoisotopic (exact) mass is 356 g/mol. The lowest BCUT2D eigenvalue weighted by Crippen LogP contribution is -2.13. The van der Waals surface area contributed by atoms with Gasteiger partial charge in [-0.3, -0.25) is 0 Å². The van der Waals surface area contributed by atoms with Gasteiger partial charge in [-0.05, 0) is 61.5 Å². The smallest absolute Gasteiger partial charge is 0.0162 e. The lowest BCUT2D eigenvalue weighted by atomic mass is 9.77. The van der Waals surface area contributed by atoms with E-state index in [9.17, 15) is 0 Å². The second-order valence-corrected chi connectivity index (χ2v) is 8.83. The highest BCUT2D eigenvalue weighted by Gasteiger charge is 2.21. The summed E-state index contributed by atoms with van der Waals surface area (Å²) in [4.78, 5) is 0. The van der Waals surface area contributed by atoms with Gasteiger partial charge in [0.1, 0.15) is 0 Å². The minimum Gasteiger partial charge on any atom is -0.0654 e. The fourth-order valence-corrected chi connectivity index (χ4v) is 4.71. The molecule has 0 unspecified atom stereocenters. The molecule has 0 radical (unpaired) electrons. The van der Waals surface area contributed by atoms with Crippen LogP contribution in [0.5, 0.6) is 0 Å². The lowest BCUT2D eigenvalue weighted by molar-refractivity contribution is 0.303. The van der Waals surface area contributed by atoms with Crippen molar-refractivity contribution in [2.45, 2.75) is 122 Å². The van der Waals surface area contributed by atoms with Crippen molar-refractivity contribution >= 4 is 0 Å². The van der Waals surface area contributed by atoms with Crippen molar-refractivity contribution in [3.63, 3.8) is 0 Å².